The van der Waals surface area contributed by atoms with E-state index in [1.807, 2.05) is 12.1 Å². The van der Waals surface area contributed by atoms with E-state index in [9.17, 15) is 19.2 Å². The highest BCUT2D eigenvalue weighted by molar-refractivity contribution is 6.01. The summed E-state index contributed by atoms with van der Waals surface area (Å²) in [5.74, 6) is -1.83. The number of carbonyl (C=O) groups excluding carboxylic acids is 4. The van der Waals surface area contributed by atoms with E-state index < -0.39 is 29.9 Å². The number of Topliss-reactive ketones (excluding diaryl/α,β-unsaturated/α-hetero) is 1. The molecule has 0 aromatic heterocycles. The van der Waals surface area contributed by atoms with Gasteiger partial charge in [-0.2, -0.15) is 0 Å². The summed E-state index contributed by atoms with van der Waals surface area (Å²) < 4.78 is 0. The average molecular weight is 387 g/mol. The van der Waals surface area contributed by atoms with Crippen LogP contribution >= 0.6 is 0 Å². The zero-order valence-corrected chi connectivity index (χ0v) is 15.1. The second-order valence-corrected chi connectivity index (χ2v) is 6.61. The predicted octanol–water partition coefficient (Wildman–Crippen LogP) is 0.238. The molecule has 1 aromatic rings. The van der Waals surface area contributed by atoms with Crippen molar-refractivity contribution in [3.8, 4) is 0 Å². The van der Waals surface area contributed by atoms with E-state index in [1.165, 1.54) is 0 Å². The molecule has 2 unspecified atom stereocenters. The third kappa shape index (κ3) is 4.11. The van der Waals surface area contributed by atoms with Gasteiger partial charge in [-0.05, 0) is 17.5 Å². The van der Waals surface area contributed by atoms with Crippen molar-refractivity contribution < 1.29 is 24.0 Å². The summed E-state index contributed by atoms with van der Waals surface area (Å²) in [6.07, 6.45) is -0.247. The van der Waals surface area contributed by atoms with Gasteiger partial charge in [-0.15, -0.1) is 5.06 Å². The molecule has 0 saturated carbocycles. The molecule has 3 rings (SSSR count). The summed E-state index contributed by atoms with van der Waals surface area (Å²) in [6.45, 7) is 0.331. The molecule has 1 saturated heterocycles. The Kier molecular flexibility index (Phi) is 5.57. The third-order valence-electron chi connectivity index (χ3n) is 4.64. The van der Waals surface area contributed by atoms with Crippen molar-refractivity contribution in [1.29, 1.82) is 0 Å². The Balaban J connectivity index is 1.65. The minimum absolute atomic E-state index is 0.00717. The molecule has 1 aliphatic heterocycles. The third-order valence-corrected chi connectivity index (χ3v) is 4.64. The molecule has 1 heterocycles. The molecule has 3 amide bonds. The van der Waals surface area contributed by atoms with Crippen molar-refractivity contribution in [2.24, 2.45) is 16.5 Å². The van der Waals surface area contributed by atoms with E-state index in [2.05, 4.69) is 10.3 Å². The maximum absolute atomic E-state index is 12.7. The number of guanidine groups is 1. The lowest BCUT2D eigenvalue weighted by molar-refractivity contribution is -0.171. The molecule has 1 aliphatic carbocycles. The maximum Gasteiger partial charge on any atom is 0.432 e. The van der Waals surface area contributed by atoms with E-state index >= 15 is 0 Å². The fourth-order valence-corrected chi connectivity index (χ4v) is 3.38. The van der Waals surface area contributed by atoms with Crippen LogP contribution in [-0.2, 0) is 19.2 Å². The number of aliphatic imine (C=N–C) groups is 1. The Morgan fingerprint density at radius 3 is 2.54 bits per heavy atom. The van der Waals surface area contributed by atoms with E-state index in [0.29, 0.717) is 18.0 Å². The summed E-state index contributed by atoms with van der Waals surface area (Å²) in [5, 5.41) is 3.07. The molecule has 1 aromatic carbocycles. The summed E-state index contributed by atoms with van der Waals surface area (Å²) >= 11 is 0. The Hall–Kier alpha value is -3.43. The number of rotatable bonds is 7. The minimum atomic E-state index is -0.964. The largest absolute Gasteiger partial charge is 0.432 e. The monoisotopic (exact) mass is 387 g/mol. The van der Waals surface area contributed by atoms with Crippen LogP contribution in [0, 0.1) is 0 Å². The number of ketones is 1. The molecule has 1 fully saturated rings. The number of hydrogen-bond acceptors (Lipinski definition) is 6. The van der Waals surface area contributed by atoms with Gasteiger partial charge in [-0.3, -0.25) is 19.4 Å². The van der Waals surface area contributed by atoms with E-state index in [-0.39, 0.29) is 31.0 Å². The number of benzene rings is 1. The van der Waals surface area contributed by atoms with Gasteiger partial charge >= 0.3 is 6.09 Å². The number of amides is 3. The standard InChI is InChI=1S/C18H21N5O5/c19-17(20)21-8-2-5-12(24)15-10-3-1-4-11(9-10)16(15)22-18(27)28-23-13(25)6-7-14(23)26/h1,3-4,9,15-16H,2,5-8H2,(H,22,27)(H4,19,20,21). The molecular weight excluding hydrogens is 366 g/mol. The molecule has 5 N–H and O–H groups in total. The van der Waals surface area contributed by atoms with Crippen LogP contribution in [0.5, 0.6) is 0 Å². The van der Waals surface area contributed by atoms with Gasteiger partial charge in [0.1, 0.15) is 5.78 Å². The van der Waals surface area contributed by atoms with Crippen molar-refractivity contribution in [3.05, 3.63) is 35.4 Å². The predicted molar refractivity (Wildman–Crippen MR) is 97.5 cm³/mol. The van der Waals surface area contributed by atoms with Crippen LogP contribution in [0.25, 0.3) is 0 Å². The van der Waals surface area contributed by atoms with Crippen molar-refractivity contribution in [3.63, 3.8) is 0 Å². The number of hydrogen-bond donors (Lipinski definition) is 3. The van der Waals surface area contributed by atoms with Crippen LogP contribution in [0.2, 0.25) is 0 Å². The van der Waals surface area contributed by atoms with Gasteiger partial charge in [0.05, 0.1) is 12.0 Å². The summed E-state index contributed by atoms with van der Waals surface area (Å²) in [5.41, 5.74) is 12.1. The highest BCUT2D eigenvalue weighted by atomic mass is 16.7. The molecule has 2 atom stereocenters. The zero-order chi connectivity index (χ0) is 20.3. The van der Waals surface area contributed by atoms with Crippen LogP contribution in [0.15, 0.2) is 29.3 Å². The number of nitrogens with zero attached hydrogens (tertiary/aromatic N) is 2. The zero-order valence-electron chi connectivity index (χ0n) is 15.1. The Labute approximate surface area is 160 Å². The molecule has 2 aliphatic rings. The van der Waals surface area contributed by atoms with E-state index in [1.54, 1.807) is 12.1 Å². The first kappa shape index (κ1) is 19.3. The number of fused-ring (bicyclic) bond motifs is 2. The van der Waals surface area contributed by atoms with Gasteiger partial charge in [0.25, 0.3) is 11.8 Å². The lowest BCUT2D eigenvalue weighted by Crippen LogP contribution is -2.40. The summed E-state index contributed by atoms with van der Waals surface area (Å²) in [6, 6.07) is 6.58. The quantitative estimate of drug-likeness (QED) is 0.262. The lowest BCUT2D eigenvalue weighted by Gasteiger charge is -2.22. The molecule has 2 bridgehead atoms. The van der Waals surface area contributed by atoms with Gasteiger partial charge in [0.2, 0.25) is 0 Å². The van der Waals surface area contributed by atoms with Crippen LogP contribution in [0.1, 0.15) is 48.8 Å². The molecule has 10 nitrogen and oxygen atoms in total. The van der Waals surface area contributed by atoms with Crippen LogP contribution in [0.4, 0.5) is 4.79 Å². The number of nitrogens with one attached hydrogen (secondary N) is 1. The number of imide groups is 1. The minimum Gasteiger partial charge on any atom is -0.370 e. The van der Waals surface area contributed by atoms with E-state index in [4.69, 9.17) is 16.3 Å². The van der Waals surface area contributed by atoms with Crippen molar-refractivity contribution in [1.82, 2.24) is 10.4 Å². The Bertz CT molecular complexity index is 833. The van der Waals surface area contributed by atoms with Crippen LogP contribution in [0.3, 0.4) is 0 Å². The van der Waals surface area contributed by atoms with Crippen molar-refractivity contribution >= 4 is 29.7 Å². The summed E-state index contributed by atoms with van der Waals surface area (Å²) in [7, 11) is 0. The number of carbonyl (C=O) groups is 4. The normalized spacial score (nSPS) is 20.2. The SMILES string of the molecule is NC(N)=NCCCC(=O)C1c2cccc(c2)C1NC(=O)ON1C(=O)CCC1=O. The van der Waals surface area contributed by atoms with Crippen molar-refractivity contribution in [2.75, 3.05) is 6.54 Å². The Morgan fingerprint density at radius 2 is 1.86 bits per heavy atom. The summed E-state index contributed by atoms with van der Waals surface area (Å²) in [4.78, 5) is 56.9. The topological polar surface area (TPSA) is 157 Å². The molecule has 28 heavy (non-hydrogen) atoms. The fourth-order valence-electron chi connectivity index (χ4n) is 3.38. The van der Waals surface area contributed by atoms with Crippen LogP contribution in [-0.4, -0.2) is 41.3 Å². The maximum atomic E-state index is 12.7. The molecule has 0 spiro atoms. The number of nitrogens with two attached hydrogens (primary N) is 2. The highest BCUT2D eigenvalue weighted by Gasteiger charge is 2.39. The molecule has 148 valence electrons. The second kappa shape index (κ2) is 8.07. The highest BCUT2D eigenvalue weighted by Crippen LogP contribution is 2.40. The van der Waals surface area contributed by atoms with Gasteiger partial charge < -0.3 is 21.6 Å². The smallest absolute Gasteiger partial charge is 0.370 e. The Morgan fingerprint density at radius 1 is 1.18 bits per heavy atom. The van der Waals surface area contributed by atoms with E-state index in [0.717, 1.165) is 11.1 Å². The van der Waals surface area contributed by atoms with Crippen molar-refractivity contribution in [2.45, 2.75) is 37.6 Å². The second-order valence-electron chi connectivity index (χ2n) is 6.61. The number of hydroxylamine groups is 2. The van der Waals surface area contributed by atoms with Gasteiger partial charge in [-0.1, -0.05) is 24.3 Å². The van der Waals surface area contributed by atoms with Gasteiger partial charge in [0.15, 0.2) is 5.96 Å². The molecule has 10 heteroatoms. The first-order valence-electron chi connectivity index (χ1n) is 8.89. The lowest BCUT2D eigenvalue weighted by atomic mass is 9.91. The van der Waals surface area contributed by atoms with Crippen LogP contribution < -0.4 is 16.8 Å². The fraction of sp³-hybridized carbons (Fsp3) is 0.389. The first-order valence-corrected chi connectivity index (χ1v) is 8.89. The van der Waals surface area contributed by atoms with Gasteiger partial charge in [0, 0.05) is 25.8 Å². The first-order chi connectivity index (χ1) is 13.4. The average Bonchev–Trinajstić information content (AvgIpc) is 3.08. The van der Waals surface area contributed by atoms with Gasteiger partial charge in [-0.25, -0.2) is 4.79 Å². The molecule has 0 radical (unpaired) electrons. The molecular formula is C18H21N5O5.